The summed E-state index contributed by atoms with van der Waals surface area (Å²) < 4.78 is 7.26. The number of nitrogens with zero attached hydrogens (tertiary/aromatic N) is 6. The normalized spacial score (nSPS) is 13.7. The van der Waals surface area contributed by atoms with Crippen LogP contribution in [0.25, 0.3) is 22.3 Å². The van der Waals surface area contributed by atoms with Gasteiger partial charge in [-0.3, -0.25) is 9.67 Å². The topological polar surface area (TPSA) is 59.3 Å². The fraction of sp³-hybridized carbons (Fsp3) is 0.346. The molecule has 9 heteroatoms. The van der Waals surface area contributed by atoms with Gasteiger partial charge in [0.15, 0.2) is 0 Å². The van der Waals surface area contributed by atoms with Crippen molar-refractivity contribution >= 4 is 46.4 Å². The summed E-state index contributed by atoms with van der Waals surface area (Å²) in [4.78, 5) is 14.4. The highest BCUT2D eigenvalue weighted by Gasteiger charge is 2.16. The highest BCUT2D eigenvalue weighted by Crippen LogP contribution is 2.33. The maximum atomic E-state index is 6.44. The van der Waals surface area contributed by atoms with Crippen LogP contribution in [0, 0.1) is 0 Å². The molecular weight excluding hydrogens is 483 g/mol. The smallest absolute Gasteiger partial charge is 0.122 e. The molecule has 1 fully saturated rings. The van der Waals surface area contributed by atoms with Gasteiger partial charge in [0.2, 0.25) is 0 Å². The monoisotopic (exact) mass is 512 g/mol. The lowest BCUT2D eigenvalue weighted by Gasteiger charge is -2.27. The number of benzene rings is 2. The van der Waals surface area contributed by atoms with Crippen molar-refractivity contribution in [3.05, 3.63) is 60.0 Å². The van der Waals surface area contributed by atoms with Crippen LogP contribution in [0.4, 0.5) is 11.4 Å². The average molecular weight is 513 g/mol. The Hall–Kier alpha value is -2.87. The first-order chi connectivity index (χ1) is 16.6. The number of fused-ring (bicyclic) bond motifs is 1. The minimum absolute atomic E-state index is 0. The lowest BCUT2D eigenvalue weighted by Crippen LogP contribution is -2.26. The molecule has 0 bridgehead atoms. The van der Waals surface area contributed by atoms with E-state index in [2.05, 4.69) is 32.0 Å². The summed E-state index contributed by atoms with van der Waals surface area (Å²) in [7, 11) is 3.56. The summed E-state index contributed by atoms with van der Waals surface area (Å²) in [5.74, 6) is 0.742. The fourth-order valence-corrected chi connectivity index (χ4v) is 4.77. The van der Waals surface area contributed by atoms with E-state index in [0.29, 0.717) is 5.02 Å². The predicted molar refractivity (Wildman–Crippen MR) is 144 cm³/mol. The van der Waals surface area contributed by atoms with Crippen molar-refractivity contribution in [1.82, 2.24) is 24.6 Å². The SMILES string of the molecule is COc1cc(Cl)cc(N(CCCN2CCCC2)c2ccc3ncc(-c4cnn(C)c4)nc3c2)c1.Cl. The van der Waals surface area contributed by atoms with E-state index in [-0.39, 0.29) is 12.4 Å². The van der Waals surface area contributed by atoms with Gasteiger partial charge in [-0.2, -0.15) is 5.10 Å². The first kappa shape index (κ1) is 25.2. The number of methoxy groups -OCH3 is 1. The molecule has 0 radical (unpaired) electrons. The van der Waals surface area contributed by atoms with E-state index >= 15 is 0 Å². The Morgan fingerprint density at radius 1 is 1.03 bits per heavy atom. The van der Waals surface area contributed by atoms with Crippen LogP contribution in [-0.4, -0.2) is 57.9 Å². The minimum Gasteiger partial charge on any atom is -0.497 e. The molecule has 2 aromatic carbocycles. The summed E-state index contributed by atoms with van der Waals surface area (Å²) in [6.07, 6.45) is 9.21. The van der Waals surface area contributed by atoms with Crippen molar-refractivity contribution in [2.75, 3.05) is 38.2 Å². The highest BCUT2D eigenvalue weighted by atomic mass is 35.5. The van der Waals surface area contributed by atoms with Gasteiger partial charge in [-0.1, -0.05) is 11.6 Å². The Labute approximate surface area is 217 Å². The molecule has 0 N–H and O–H groups in total. The van der Waals surface area contributed by atoms with Gasteiger partial charge < -0.3 is 14.5 Å². The second-order valence-electron chi connectivity index (χ2n) is 8.73. The number of hydrogen-bond acceptors (Lipinski definition) is 6. The number of rotatable bonds is 8. The molecule has 35 heavy (non-hydrogen) atoms. The maximum absolute atomic E-state index is 6.44. The van der Waals surface area contributed by atoms with E-state index in [1.807, 2.05) is 43.7 Å². The zero-order valence-corrected chi connectivity index (χ0v) is 21.6. The van der Waals surface area contributed by atoms with E-state index in [1.54, 1.807) is 18.0 Å². The molecule has 5 rings (SSSR count). The minimum atomic E-state index is 0. The molecule has 0 spiro atoms. The third kappa shape index (κ3) is 5.86. The summed E-state index contributed by atoms with van der Waals surface area (Å²) in [5.41, 5.74) is 5.51. The van der Waals surface area contributed by atoms with Gasteiger partial charge in [-0.05, 0) is 69.2 Å². The van der Waals surface area contributed by atoms with E-state index in [9.17, 15) is 0 Å². The number of aromatic nitrogens is 4. The first-order valence-corrected chi connectivity index (χ1v) is 12.1. The highest BCUT2D eigenvalue weighted by molar-refractivity contribution is 6.31. The van der Waals surface area contributed by atoms with Gasteiger partial charge in [0.1, 0.15) is 5.75 Å². The molecule has 4 aromatic rings. The summed E-state index contributed by atoms with van der Waals surface area (Å²) in [6, 6.07) is 12.1. The lowest BCUT2D eigenvalue weighted by atomic mass is 10.2. The Balaban J connectivity index is 0.00000289. The average Bonchev–Trinajstić information content (AvgIpc) is 3.52. The van der Waals surface area contributed by atoms with Crippen LogP contribution in [0.15, 0.2) is 55.0 Å². The van der Waals surface area contributed by atoms with E-state index < -0.39 is 0 Å². The molecule has 0 unspecified atom stereocenters. The van der Waals surface area contributed by atoms with Crippen LogP contribution < -0.4 is 9.64 Å². The van der Waals surface area contributed by atoms with Crippen LogP contribution >= 0.6 is 24.0 Å². The van der Waals surface area contributed by atoms with Gasteiger partial charge >= 0.3 is 0 Å². The predicted octanol–water partition coefficient (Wildman–Crippen LogP) is 5.74. The number of ether oxygens (including phenoxy) is 1. The Bertz CT molecular complexity index is 1290. The second kappa shape index (κ2) is 11.2. The number of anilines is 2. The molecular formula is C26H30Cl2N6O. The second-order valence-corrected chi connectivity index (χ2v) is 9.17. The van der Waals surface area contributed by atoms with Gasteiger partial charge in [0, 0.05) is 47.8 Å². The zero-order valence-electron chi connectivity index (χ0n) is 20.0. The third-order valence-electron chi connectivity index (χ3n) is 6.30. The number of hydrogen-bond donors (Lipinski definition) is 0. The molecule has 0 saturated carbocycles. The van der Waals surface area contributed by atoms with Crippen molar-refractivity contribution < 1.29 is 4.74 Å². The van der Waals surface area contributed by atoms with Crippen molar-refractivity contribution in [3.8, 4) is 17.0 Å². The molecule has 0 atom stereocenters. The molecule has 0 aliphatic carbocycles. The fourth-order valence-electron chi connectivity index (χ4n) is 4.55. The van der Waals surface area contributed by atoms with Crippen LogP contribution in [0.1, 0.15) is 19.3 Å². The van der Waals surface area contributed by atoms with Crippen molar-refractivity contribution in [3.63, 3.8) is 0 Å². The van der Waals surface area contributed by atoms with E-state index in [1.165, 1.54) is 25.9 Å². The van der Waals surface area contributed by atoms with Gasteiger partial charge in [-0.15, -0.1) is 12.4 Å². The first-order valence-electron chi connectivity index (χ1n) is 11.7. The molecule has 184 valence electrons. The Morgan fingerprint density at radius 3 is 2.60 bits per heavy atom. The van der Waals surface area contributed by atoms with Crippen LogP contribution in [-0.2, 0) is 7.05 Å². The summed E-state index contributed by atoms with van der Waals surface area (Å²) in [5, 5.41) is 4.91. The van der Waals surface area contributed by atoms with E-state index in [4.69, 9.17) is 21.3 Å². The van der Waals surface area contributed by atoms with Crippen molar-refractivity contribution in [2.24, 2.45) is 7.05 Å². The molecule has 3 heterocycles. The van der Waals surface area contributed by atoms with Crippen LogP contribution in [0.2, 0.25) is 5.02 Å². The number of aryl methyl sites for hydroxylation is 1. The quantitative estimate of drug-likeness (QED) is 0.300. The van der Waals surface area contributed by atoms with Gasteiger partial charge in [0.25, 0.3) is 0 Å². The van der Waals surface area contributed by atoms with Crippen LogP contribution in [0.3, 0.4) is 0 Å². The Kier molecular flexibility index (Phi) is 8.11. The van der Waals surface area contributed by atoms with Crippen molar-refractivity contribution in [2.45, 2.75) is 19.3 Å². The molecule has 1 aliphatic rings. The summed E-state index contributed by atoms with van der Waals surface area (Å²) >= 11 is 6.44. The molecule has 0 amide bonds. The maximum Gasteiger partial charge on any atom is 0.122 e. The molecule has 1 aliphatic heterocycles. The number of likely N-dealkylation sites (tertiary alicyclic amines) is 1. The summed E-state index contributed by atoms with van der Waals surface area (Å²) in [6.45, 7) is 4.36. The lowest BCUT2D eigenvalue weighted by molar-refractivity contribution is 0.336. The standard InChI is InChI=1S/C26H29ClN6O.ClH/c1-31-18-19(16-29-31)26-17-28-24-7-6-21(15-25(24)30-26)33(11-5-10-32-8-3-4-9-32)22-12-20(27)13-23(14-22)34-2;/h6-7,12-18H,3-5,8-11H2,1-2H3;1H. The zero-order chi connectivity index (χ0) is 23.5. The molecule has 2 aromatic heterocycles. The third-order valence-corrected chi connectivity index (χ3v) is 6.51. The van der Waals surface area contributed by atoms with Crippen LogP contribution in [0.5, 0.6) is 5.75 Å². The van der Waals surface area contributed by atoms with Gasteiger partial charge in [0.05, 0.1) is 36.2 Å². The molecule has 7 nitrogen and oxygen atoms in total. The molecule has 1 saturated heterocycles. The van der Waals surface area contributed by atoms with Crippen molar-refractivity contribution in [1.29, 1.82) is 0 Å². The van der Waals surface area contributed by atoms with E-state index in [0.717, 1.165) is 58.9 Å². The largest absolute Gasteiger partial charge is 0.497 e. The van der Waals surface area contributed by atoms with Gasteiger partial charge in [-0.25, -0.2) is 4.98 Å². The Morgan fingerprint density at radius 2 is 1.86 bits per heavy atom. The number of halogens is 2.